The Kier molecular flexibility index (Phi) is 3.82. The molecule has 2 rings (SSSR count). The Hall–Kier alpha value is -1.61. The summed E-state index contributed by atoms with van der Waals surface area (Å²) in [5, 5.41) is 8.95. The minimum Gasteiger partial charge on any atom is -0.426 e. The van der Waals surface area contributed by atoms with Crippen LogP contribution in [0.2, 0.25) is 0 Å². The molecule has 4 unspecified atom stereocenters. The summed E-state index contributed by atoms with van der Waals surface area (Å²) in [6.45, 7) is 2.00. The highest BCUT2D eigenvalue weighted by Gasteiger charge is 2.44. The number of ether oxygens (including phenoxy) is 4. The van der Waals surface area contributed by atoms with E-state index < -0.39 is 23.6 Å². The highest BCUT2D eigenvalue weighted by Crippen LogP contribution is 2.28. The van der Waals surface area contributed by atoms with Crippen molar-refractivity contribution in [1.82, 2.24) is 0 Å². The first-order valence-corrected chi connectivity index (χ1v) is 5.48. The fourth-order valence-electron chi connectivity index (χ4n) is 1.96. The number of carbonyl (C=O) groups is 1. The first-order valence-electron chi connectivity index (χ1n) is 5.48. The van der Waals surface area contributed by atoms with Gasteiger partial charge in [-0.1, -0.05) is 0 Å². The Morgan fingerprint density at radius 1 is 1.50 bits per heavy atom. The van der Waals surface area contributed by atoms with E-state index in [9.17, 15) is 14.9 Å². The third-order valence-corrected chi connectivity index (χ3v) is 2.66. The molecule has 0 saturated carbocycles. The molecule has 9 heteroatoms. The van der Waals surface area contributed by atoms with Crippen LogP contribution < -0.4 is 0 Å². The number of fused-ring (bicyclic) bond motifs is 1. The second kappa shape index (κ2) is 5.36. The van der Waals surface area contributed by atoms with E-state index in [-0.39, 0.29) is 18.8 Å². The molecule has 2 fully saturated rings. The fraction of sp³-hybridized carbons (Fsp3) is 0.889. The summed E-state index contributed by atoms with van der Waals surface area (Å²) in [5.74, 6) is 0. The second-order valence-corrected chi connectivity index (χ2v) is 3.92. The van der Waals surface area contributed by atoms with Gasteiger partial charge in [-0.05, 0) is 13.3 Å². The second-order valence-electron chi connectivity index (χ2n) is 3.92. The molecular formula is C9H13NO8. The molecule has 18 heavy (non-hydrogen) atoms. The van der Waals surface area contributed by atoms with Crippen molar-refractivity contribution in [2.75, 3.05) is 13.2 Å². The summed E-state index contributed by atoms with van der Waals surface area (Å²) in [7, 11) is 0. The van der Waals surface area contributed by atoms with Gasteiger partial charge < -0.3 is 18.9 Å². The molecule has 0 radical (unpaired) electrons. The number of hydrogen-bond donors (Lipinski definition) is 0. The van der Waals surface area contributed by atoms with E-state index in [2.05, 4.69) is 9.57 Å². The SMILES string of the molecule is CC(OC(=O)OC1COC2CCOC21)O[N+](=O)[O-]. The van der Waals surface area contributed by atoms with Crippen LogP contribution in [0.1, 0.15) is 13.3 Å². The molecule has 102 valence electrons. The Bertz CT molecular complexity index is 335. The fourth-order valence-corrected chi connectivity index (χ4v) is 1.96. The van der Waals surface area contributed by atoms with E-state index in [1.54, 1.807) is 0 Å². The van der Waals surface area contributed by atoms with E-state index >= 15 is 0 Å². The third-order valence-electron chi connectivity index (χ3n) is 2.66. The Morgan fingerprint density at radius 2 is 2.28 bits per heavy atom. The van der Waals surface area contributed by atoms with Crippen LogP contribution in [0.3, 0.4) is 0 Å². The van der Waals surface area contributed by atoms with Crippen molar-refractivity contribution < 1.29 is 33.7 Å². The van der Waals surface area contributed by atoms with E-state index in [1.165, 1.54) is 6.92 Å². The Labute approximate surface area is 102 Å². The van der Waals surface area contributed by atoms with Gasteiger partial charge in [0.15, 0.2) is 6.10 Å². The van der Waals surface area contributed by atoms with Crippen molar-refractivity contribution in [3.63, 3.8) is 0 Å². The molecule has 4 atom stereocenters. The molecule has 0 aromatic rings. The molecule has 2 aliphatic heterocycles. The third kappa shape index (κ3) is 2.99. The summed E-state index contributed by atoms with van der Waals surface area (Å²) in [4.78, 5) is 25.3. The summed E-state index contributed by atoms with van der Waals surface area (Å²) in [5.41, 5.74) is 0. The molecule has 0 bridgehead atoms. The quantitative estimate of drug-likeness (QED) is 0.307. The predicted molar refractivity (Wildman–Crippen MR) is 53.0 cm³/mol. The van der Waals surface area contributed by atoms with Gasteiger partial charge in [0.2, 0.25) is 6.29 Å². The van der Waals surface area contributed by atoms with Crippen LogP contribution in [0, 0.1) is 10.1 Å². The summed E-state index contributed by atoms with van der Waals surface area (Å²) in [6, 6.07) is 0. The first-order chi connectivity index (χ1) is 8.56. The van der Waals surface area contributed by atoms with Crippen molar-refractivity contribution in [3.05, 3.63) is 10.1 Å². The number of nitrogens with zero attached hydrogens (tertiary/aromatic N) is 1. The molecule has 0 amide bonds. The van der Waals surface area contributed by atoms with Crippen LogP contribution in [-0.2, 0) is 23.8 Å². The molecule has 0 aliphatic carbocycles. The van der Waals surface area contributed by atoms with Crippen LogP contribution in [0.5, 0.6) is 0 Å². The molecule has 0 aromatic carbocycles. The van der Waals surface area contributed by atoms with Crippen molar-refractivity contribution in [3.8, 4) is 0 Å². The summed E-state index contributed by atoms with van der Waals surface area (Å²) < 4.78 is 20.2. The van der Waals surface area contributed by atoms with Crippen molar-refractivity contribution in [2.24, 2.45) is 0 Å². The molecule has 0 N–H and O–H groups in total. The van der Waals surface area contributed by atoms with E-state index in [1.807, 2.05) is 0 Å². The molecule has 0 spiro atoms. The van der Waals surface area contributed by atoms with Crippen molar-refractivity contribution in [1.29, 1.82) is 0 Å². The standard InChI is InChI=1S/C9H13NO8/c1-5(18-10(12)13)16-9(11)17-7-4-15-6-2-3-14-8(6)7/h5-8H,2-4H2,1H3. The predicted octanol–water partition coefficient (Wildman–Crippen LogP) is 0.250. The number of rotatable bonds is 4. The van der Waals surface area contributed by atoms with Gasteiger partial charge in [0.1, 0.15) is 6.10 Å². The molecule has 2 heterocycles. The maximum Gasteiger partial charge on any atom is 0.510 e. The topological polar surface area (TPSA) is 106 Å². The summed E-state index contributed by atoms with van der Waals surface area (Å²) in [6.07, 6.45) is -2.50. The first kappa shape index (κ1) is 12.8. The van der Waals surface area contributed by atoms with Crippen LogP contribution in [0.15, 0.2) is 0 Å². The van der Waals surface area contributed by atoms with E-state index in [0.29, 0.717) is 6.61 Å². The van der Waals surface area contributed by atoms with Crippen molar-refractivity contribution >= 4 is 6.16 Å². The zero-order chi connectivity index (χ0) is 13.1. The summed E-state index contributed by atoms with van der Waals surface area (Å²) >= 11 is 0. The molecule has 2 aliphatic rings. The lowest BCUT2D eigenvalue weighted by Gasteiger charge is -2.17. The highest BCUT2D eigenvalue weighted by molar-refractivity contribution is 5.60. The van der Waals surface area contributed by atoms with Crippen LogP contribution in [-0.4, -0.2) is 49.1 Å². The molecule has 9 nitrogen and oxygen atoms in total. The maximum atomic E-state index is 11.3. The van der Waals surface area contributed by atoms with Gasteiger partial charge in [-0.25, -0.2) is 4.79 Å². The Balaban J connectivity index is 1.75. The van der Waals surface area contributed by atoms with Crippen LogP contribution >= 0.6 is 0 Å². The lowest BCUT2D eigenvalue weighted by molar-refractivity contribution is -0.777. The number of carbonyl (C=O) groups excluding carboxylic acids is 1. The van der Waals surface area contributed by atoms with Gasteiger partial charge in [-0.15, -0.1) is 10.1 Å². The maximum absolute atomic E-state index is 11.3. The van der Waals surface area contributed by atoms with Gasteiger partial charge in [-0.3, -0.25) is 4.84 Å². The normalized spacial score (nSPS) is 31.5. The van der Waals surface area contributed by atoms with Crippen molar-refractivity contribution in [2.45, 2.75) is 37.9 Å². The highest BCUT2D eigenvalue weighted by atomic mass is 17.0. The average Bonchev–Trinajstić information content (AvgIpc) is 2.81. The smallest absolute Gasteiger partial charge is 0.426 e. The lowest BCUT2D eigenvalue weighted by Crippen LogP contribution is -2.33. The minimum atomic E-state index is -1.32. The monoisotopic (exact) mass is 263 g/mol. The zero-order valence-corrected chi connectivity index (χ0v) is 9.64. The molecular weight excluding hydrogens is 250 g/mol. The van der Waals surface area contributed by atoms with Gasteiger partial charge in [-0.2, -0.15) is 0 Å². The van der Waals surface area contributed by atoms with Crippen LogP contribution in [0.4, 0.5) is 4.79 Å². The molecule has 2 saturated heterocycles. The average molecular weight is 263 g/mol. The van der Waals surface area contributed by atoms with Gasteiger partial charge >= 0.3 is 6.16 Å². The van der Waals surface area contributed by atoms with Gasteiger partial charge in [0.05, 0.1) is 12.7 Å². The van der Waals surface area contributed by atoms with E-state index in [0.717, 1.165) is 6.42 Å². The lowest BCUT2D eigenvalue weighted by atomic mass is 10.1. The minimum absolute atomic E-state index is 0.0600. The largest absolute Gasteiger partial charge is 0.510 e. The zero-order valence-electron chi connectivity index (χ0n) is 9.64. The van der Waals surface area contributed by atoms with E-state index in [4.69, 9.17) is 14.2 Å². The van der Waals surface area contributed by atoms with Gasteiger partial charge in [0.25, 0.3) is 5.09 Å². The van der Waals surface area contributed by atoms with Gasteiger partial charge in [0, 0.05) is 6.61 Å². The van der Waals surface area contributed by atoms with Crippen LogP contribution in [0.25, 0.3) is 0 Å². The Morgan fingerprint density at radius 3 is 3.00 bits per heavy atom. The molecule has 0 aromatic heterocycles. The number of hydrogen-bond acceptors (Lipinski definition) is 8.